The monoisotopic (exact) mass is 266 g/mol. The predicted octanol–water partition coefficient (Wildman–Crippen LogP) is 1.95. The molecule has 0 saturated carbocycles. The Hall–Kier alpha value is -2.64. The fourth-order valence-corrected chi connectivity index (χ4v) is 2.00. The van der Waals surface area contributed by atoms with Gasteiger partial charge in [-0.3, -0.25) is 4.79 Å². The van der Waals surface area contributed by atoms with Gasteiger partial charge in [-0.05, 0) is 17.7 Å². The van der Waals surface area contributed by atoms with Gasteiger partial charge in [-0.25, -0.2) is 0 Å². The van der Waals surface area contributed by atoms with Crippen LogP contribution in [0.15, 0.2) is 48.5 Å². The van der Waals surface area contributed by atoms with Crippen molar-refractivity contribution in [3.63, 3.8) is 0 Å². The lowest BCUT2D eigenvalue weighted by molar-refractivity contribution is 0.0945. The van der Waals surface area contributed by atoms with Crippen molar-refractivity contribution in [1.82, 2.24) is 5.32 Å². The molecule has 0 fully saturated rings. The minimum Gasteiger partial charge on any atom is -0.395 e. The van der Waals surface area contributed by atoms with Gasteiger partial charge in [-0.15, -0.1) is 0 Å². The summed E-state index contributed by atoms with van der Waals surface area (Å²) in [5.74, 6) is -0.262. The largest absolute Gasteiger partial charge is 0.395 e. The lowest BCUT2D eigenvalue weighted by atomic mass is 9.95. The highest BCUT2D eigenvalue weighted by Gasteiger charge is 2.13. The van der Waals surface area contributed by atoms with Crippen molar-refractivity contribution in [3.8, 4) is 17.2 Å². The number of nitrogens with one attached hydrogen (secondary N) is 1. The van der Waals surface area contributed by atoms with Crippen molar-refractivity contribution in [2.45, 2.75) is 0 Å². The summed E-state index contributed by atoms with van der Waals surface area (Å²) < 4.78 is 0. The minimum atomic E-state index is -0.262. The first-order valence-corrected chi connectivity index (χ1v) is 6.25. The molecule has 0 bridgehead atoms. The van der Waals surface area contributed by atoms with Gasteiger partial charge in [0.15, 0.2) is 0 Å². The van der Waals surface area contributed by atoms with Crippen molar-refractivity contribution in [1.29, 1.82) is 5.26 Å². The first-order valence-electron chi connectivity index (χ1n) is 6.25. The van der Waals surface area contributed by atoms with Crippen molar-refractivity contribution >= 4 is 5.91 Å². The Morgan fingerprint density at radius 3 is 2.45 bits per heavy atom. The van der Waals surface area contributed by atoms with E-state index in [1.807, 2.05) is 24.3 Å². The van der Waals surface area contributed by atoms with E-state index in [1.54, 1.807) is 24.3 Å². The molecule has 0 aromatic heterocycles. The van der Waals surface area contributed by atoms with Gasteiger partial charge in [-0.2, -0.15) is 5.26 Å². The molecule has 4 heteroatoms. The number of rotatable bonds is 4. The Kier molecular flexibility index (Phi) is 4.48. The summed E-state index contributed by atoms with van der Waals surface area (Å²) in [6.45, 7) is 0.0930. The second-order valence-corrected chi connectivity index (χ2v) is 4.18. The van der Waals surface area contributed by atoms with Crippen molar-refractivity contribution in [3.05, 3.63) is 59.7 Å². The van der Waals surface area contributed by atoms with E-state index in [0.29, 0.717) is 16.7 Å². The smallest absolute Gasteiger partial charge is 0.251 e. The zero-order valence-electron chi connectivity index (χ0n) is 10.8. The van der Waals surface area contributed by atoms with Crippen LogP contribution >= 0.6 is 0 Å². The summed E-state index contributed by atoms with van der Waals surface area (Å²) in [5.41, 5.74) is 2.45. The van der Waals surface area contributed by atoms with Gasteiger partial charge in [0, 0.05) is 17.7 Å². The van der Waals surface area contributed by atoms with Crippen molar-refractivity contribution in [2.24, 2.45) is 0 Å². The third-order valence-corrected chi connectivity index (χ3v) is 2.91. The average molecular weight is 266 g/mol. The summed E-state index contributed by atoms with van der Waals surface area (Å²) in [5, 5.41) is 20.6. The van der Waals surface area contributed by atoms with Crippen LogP contribution in [0.3, 0.4) is 0 Å². The van der Waals surface area contributed by atoms with Crippen LogP contribution in [0, 0.1) is 11.3 Å². The van der Waals surface area contributed by atoms with Gasteiger partial charge in [0.1, 0.15) is 0 Å². The van der Waals surface area contributed by atoms with Gasteiger partial charge < -0.3 is 10.4 Å². The van der Waals surface area contributed by atoms with Crippen LogP contribution in [0.4, 0.5) is 0 Å². The molecule has 0 heterocycles. The molecule has 0 saturated heterocycles. The molecule has 0 aliphatic rings. The molecule has 0 spiro atoms. The second kappa shape index (κ2) is 6.50. The number of carbonyl (C=O) groups excluding carboxylic acids is 1. The van der Waals surface area contributed by atoms with Crippen molar-refractivity contribution in [2.75, 3.05) is 13.2 Å². The molecular formula is C16H14N2O2. The molecule has 0 unspecified atom stereocenters. The fourth-order valence-electron chi connectivity index (χ4n) is 2.00. The summed E-state index contributed by atoms with van der Waals surface area (Å²) in [4.78, 5) is 12.1. The van der Waals surface area contributed by atoms with Gasteiger partial charge in [0.25, 0.3) is 5.91 Å². The number of amides is 1. The molecule has 0 aliphatic heterocycles. The maximum atomic E-state index is 12.1. The number of nitrogens with zero attached hydrogens (tertiary/aromatic N) is 1. The van der Waals surface area contributed by atoms with E-state index in [1.165, 1.54) is 0 Å². The van der Waals surface area contributed by atoms with Crippen LogP contribution in [0.5, 0.6) is 0 Å². The summed E-state index contributed by atoms with van der Waals surface area (Å²) >= 11 is 0. The average Bonchev–Trinajstić information content (AvgIpc) is 2.52. The first kappa shape index (κ1) is 13.8. The summed E-state index contributed by atoms with van der Waals surface area (Å²) in [6, 6.07) is 16.4. The number of hydrogen-bond acceptors (Lipinski definition) is 3. The van der Waals surface area contributed by atoms with Gasteiger partial charge in [0.2, 0.25) is 0 Å². The van der Waals surface area contributed by atoms with Crippen LogP contribution in [-0.2, 0) is 0 Å². The Morgan fingerprint density at radius 2 is 1.75 bits per heavy atom. The molecule has 0 aliphatic carbocycles. The van der Waals surface area contributed by atoms with E-state index in [9.17, 15) is 4.79 Å². The zero-order valence-corrected chi connectivity index (χ0v) is 10.8. The maximum absolute atomic E-state index is 12.1. The number of hydrogen-bond donors (Lipinski definition) is 2. The molecule has 100 valence electrons. The molecule has 0 radical (unpaired) electrons. The van der Waals surface area contributed by atoms with Gasteiger partial charge in [-0.1, -0.05) is 36.4 Å². The van der Waals surface area contributed by atoms with E-state index in [4.69, 9.17) is 10.4 Å². The molecular weight excluding hydrogens is 252 g/mol. The van der Waals surface area contributed by atoms with Crippen LogP contribution < -0.4 is 5.32 Å². The van der Waals surface area contributed by atoms with Crippen LogP contribution in [0.1, 0.15) is 15.9 Å². The molecule has 0 atom stereocenters. The van der Waals surface area contributed by atoms with Crippen LogP contribution in [-0.4, -0.2) is 24.2 Å². The fraction of sp³-hybridized carbons (Fsp3) is 0.125. The van der Waals surface area contributed by atoms with Gasteiger partial charge in [0.05, 0.1) is 18.2 Å². The third kappa shape index (κ3) is 2.85. The molecule has 1 amide bonds. The Labute approximate surface area is 117 Å². The lowest BCUT2D eigenvalue weighted by Gasteiger charge is -2.10. The highest BCUT2D eigenvalue weighted by atomic mass is 16.3. The van der Waals surface area contributed by atoms with Crippen molar-refractivity contribution < 1.29 is 9.90 Å². The number of aliphatic hydroxyl groups excluding tert-OH is 1. The summed E-state index contributed by atoms with van der Waals surface area (Å²) in [7, 11) is 0. The topological polar surface area (TPSA) is 73.1 Å². The first-order chi connectivity index (χ1) is 9.77. The maximum Gasteiger partial charge on any atom is 0.251 e. The van der Waals surface area contributed by atoms with Crippen LogP contribution in [0.2, 0.25) is 0 Å². The quantitative estimate of drug-likeness (QED) is 0.888. The molecule has 2 N–H and O–H groups in total. The SMILES string of the molecule is N#Cc1ccccc1-c1ccccc1C(=O)NCCO. The molecule has 20 heavy (non-hydrogen) atoms. The Morgan fingerprint density at radius 1 is 1.10 bits per heavy atom. The lowest BCUT2D eigenvalue weighted by Crippen LogP contribution is -2.26. The standard InChI is InChI=1S/C16H14N2O2/c17-11-12-5-1-2-6-13(12)14-7-3-4-8-15(14)16(20)18-9-10-19/h1-8,19H,9-10H2,(H,18,20). The molecule has 2 aromatic rings. The van der Waals surface area contributed by atoms with E-state index >= 15 is 0 Å². The highest BCUT2D eigenvalue weighted by Crippen LogP contribution is 2.26. The normalized spacial score (nSPS) is 9.80. The molecule has 4 nitrogen and oxygen atoms in total. The second-order valence-electron chi connectivity index (χ2n) is 4.18. The van der Waals surface area contributed by atoms with E-state index in [-0.39, 0.29) is 19.1 Å². The third-order valence-electron chi connectivity index (χ3n) is 2.91. The van der Waals surface area contributed by atoms with E-state index < -0.39 is 0 Å². The molecule has 2 rings (SSSR count). The van der Waals surface area contributed by atoms with Gasteiger partial charge >= 0.3 is 0 Å². The zero-order chi connectivity index (χ0) is 14.4. The summed E-state index contributed by atoms with van der Waals surface area (Å²) in [6.07, 6.45) is 0. The Balaban J connectivity index is 2.48. The number of carbonyl (C=O) groups is 1. The number of benzene rings is 2. The van der Waals surface area contributed by atoms with E-state index in [2.05, 4.69) is 11.4 Å². The molecule has 2 aromatic carbocycles. The Bertz CT molecular complexity index is 660. The number of nitriles is 1. The highest BCUT2D eigenvalue weighted by molar-refractivity contribution is 6.01. The van der Waals surface area contributed by atoms with Crippen LogP contribution in [0.25, 0.3) is 11.1 Å². The predicted molar refractivity (Wildman–Crippen MR) is 76.0 cm³/mol. The minimum absolute atomic E-state index is 0.108. The number of aliphatic hydroxyl groups is 1. The van der Waals surface area contributed by atoms with E-state index in [0.717, 1.165) is 5.56 Å².